The number of aromatic nitrogens is 4. The van der Waals surface area contributed by atoms with Gasteiger partial charge in [0.25, 0.3) is 11.5 Å². The van der Waals surface area contributed by atoms with Crippen LogP contribution in [0.25, 0.3) is 0 Å². The minimum atomic E-state index is -0.152. The number of piperidine rings is 1. The molecule has 2 aromatic heterocycles. The van der Waals surface area contributed by atoms with Crippen LogP contribution in [0, 0.1) is 13.8 Å². The molecule has 2 aromatic rings. The first-order valence-corrected chi connectivity index (χ1v) is 7.69. The maximum Gasteiger partial charge on any atom is 0.274 e. The van der Waals surface area contributed by atoms with E-state index in [1.807, 2.05) is 6.92 Å². The summed E-state index contributed by atoms with van der Waals surface area (Å²) >= 11 is 0. The Labute approximate surface area is 133 Å². The monoisotopic (exact) mass is 313 g/mol. The van der Waals surface area contributed by atoms with Gasteiger partial charge >= 0.3 is 0 Å². The number of likely N-dealkylation sites (tertiary alicyclic amines) is 1. The fourth-order valence-electron chi connectivity index (χ4n) is 2.88. The Hall–Kier alpha value is -2.57. The number of nitrogens with zero attached hydrogens (tertiary/aromatic N) is 4. The highest BCUT2D eigenvalue weighted by Gasteiger charge is 2.27. The summed E-state index contributed by atoms with van der Waals surface area (Å²) in [5.41, 5.74) is 1.73. The zero-order valence-electron chi connectivity index (χ0n) is 13.2. The van der Waals surface area contributed by atoms with Crippen molar-refractivity contribution >= 4 is 5.91 Å². The molecule has 1 saturated heterocycles. The zero-order chi connectivity index (χ0) is 16.4. The quantitative estimate of drug-likeness (QED) is 0.899. The van der Waals surface area contributed by atoms with Crippen molar-refractivity contribution in [2.75, 3.05) is 13.1 Å². The van der Waals surface area contributed by atoms with Crippen LogP contribution in [0.1, 0.15) is 46.5 Å². The van der Waals surface area contributed by atoms with Gasteiger partial charge in [-0.3, -0.25) is 14.6 Å². The van der Waals surface area contributed by atoms with Gasteiger partial charge in [-0.1, -0.05) is 0 Å². The van der Waals surface area contributed by atoms with E-state index in [1.54, 1.807) is 18.0 Å². The summed E-state index contributed by atoms with van der Waals surface area (Å²) in [7, 11) is 0. The smallest absolute Gasteiger partial charge is 0.274 e. The molecular formula is C16H19N5O2. The van der Waals surface area contributed by atoms with Gasteiger partial charge in [-0.25, -0.2) is 9.97 Å². The third-order valence-corrected chi connectivity index (χ3v) is 4.01. The van der Waals surface area contributed by atoms with Crippen LogP contribution in [0.3, 0.4) is 0 Å². The van der Waals surface area contributed by atoms with Crippen molar-refractivity contribution in [3.63, 3.8) is 0 Å². The predicted molar refractivity (Wildman–Crippen MR) is 84.2 cm³/mol. The lowest BCUT2D eigenvalue weighted by atomic mass is 9.94. The largest absolute Gasteiger partial charge is 0.337 e. The summed E-state index contributed by atoms with van der Waals surface area (Å²) < 4.78 is 0. The van der Waals surface area contributed by atoms with Gasteiger partial charge < -0.3 is 9.88 Å². The van der Waals surface area contributed by atoms with Crippen molar-refractivity contribution in [1.29, 1.82) is 0 Å². The van der Waals surface area contributed by atoms with Gasteiger partial charge in [0, 0.05) is 31.3 Å². The van der Waals surface area contributed by atoms with E-state index in [-0.39, 0.29) is 17.4 Å². The van der Waals surface area contributed by atoms with Crippen LogP contribution in [0.15, 0.2) is 23.3 Å². The van der Waals surface area contributed by atoms with Gasteiger partial charge in [-0.15, -0.1) is 0 Å². The van der Waals surface area contributed by atoms with Gasteiger partial charge in [0.1, 0.15) is 11.5 Å². The molecule has 1 aliphatic rings. The van der Waals surface area contributed by atoms with E-state index in [2.05, 4.69) is 19.9 Å². The summed E-state index contributed by atoms with van der Waals surface area (Å²) in [6.45, 7) is 4.83. The molecule has 7 heteroatoms. The Kier molecular flexibility index (Phi) is 4.18. The summed E-state index contributed by atoms with van der Waals surface area (Å²) in [6, 6.07) is 1.53. The van der Waals surface area contributed by atoms with Gasteiger partial charge in [0.2, 0.25) is 0 Å². The molecule has 1 atom stereocenters. The van der Waals surface area contributed by atoms with Crippen molar-refractivity contribution < 1.29 is 4.79 Å². The van der Waals surface area contributed by atoms with E-state index in [4.69, 9.17) is 0 Å². The van der Waals surface area contributed by atoms with Crippen molar-refractivity contribution in [2.45, 2.75) is 32.6 Å². The molecule has 3 rings (SSSR count). The second kappa shape index (κ2) is 6.28. The van der Waals surface area contributed by atoms with Crippen LogP contribution in [0.4, 0.5) is 0 Å². The molecular weight excluding hydrogens is 294 g/mol. The molecule has 1 amide bonds. The van der Waals surface area contributed by atoms with Crippen LogP contribution in [0.2, 0.25) is 0 Å². The van der Waals surface area contributed by atoms with E-state index < -0.39 is 0 Å². The number of hydrogen-bond donors (Lipinski definition) is 1. The molecule has 3 heterocycles. The standard InChI is InChI=1S/C16H19N5O2/c1-10-7-18-14(8-17-10)16(23)21-5-3-4-12(9-21)13-6-15(22)20-11(2)19-13/h6-8,12H,3-5,9H2,1-2H3,(H,19,20,22)/t12-/m0/s1. The molecule has 120 valence electrons. The number of aryl methyl sites for hydroxylation is 2. The van der Waals surface area contributed by atoms with Crippen LogP contribution in [-0.4, -0.2) is 43.8 Å². The number of aromatic amines is 1. The van der Waals surface area contributed by atoms with Crippen LogP contribution in [-0.2, 0) is 0 Å². The van der Waals surface area contributed by atoms with E-state index in [0.29, 0.717) is 24.6 Å². The highest BCUT2D eigenvalue weighted by molar-refractivity contribution is 5.92. The number of carbonyl (C=O) groups is 1. The van der Waals surface area contributed by atoms with E-state index in [9.17, 15) is 9.59 Å². The minimum absolute atomic E-state index is 0.0760. The minimum Gasteiger partial charge on any atom is -0.337 e. The van der Waals surface area contributed by atoms with Crippen LogP contribution >= 0.6 is 0 Å². The third kappa shape index (κ3) is 3.44. The van der Waals surface area contributed by atoms with Crippen LogP contribution < -0.4 is 5.56 Å². The van der Waals surface area contributed by atoms with Gasteiger partial charge in [0.05, 0.1) is 17.6 Å². The lowest BCUT2D eigenvalue weighted by Crippen LogP contribution is -2.40. The molecule has 1 aliphatic heterocycles. The normalized spacial score (nSPS) is 18.0. The molecule has 0 aromatic carbocycles. The maximum atomic E-state index is 12.6. The molecule has 0 saturated carbocycles. The maximum absolute atomic E-state index is 12.6. The molecule has 0 unspecified atom stereocenters. The first-order valence-electron chi connectivity index (χ1n) is 7.69. The summed E-state index contributed by atoms with van der Waals surface area (Å²) in [5.74, 6) is 0.552. The highest BCUT2D eigenvalue weighted by Crippen LogP contribution is 2.25. The number of rotatable bonds is 2. The second-order valence-corrected chi connectivity index (χ2v) is 5.89. The fourth-order valence-corrected chi connectivity index (χ4v) is 2.88. The molecule has 0 aliphatic carbocycles. The zero-order valence-corrected chi connectivity index (χ0v) is 13.2. The third-order valence-electron chi connectivity index (χ3n) is 4.01. The Morgan fingerprint density at radius 3 is 2.83 bits per heavy atom. The average molecular weight is 313 g/mol. The Morgan fingerprint density at radius 1 is 1.30 bits per heavy atom. The van der Waals surface area contributed by atoms with E-state index in [0.717, 1.165) is 24.2 Å². The van der Waals surface area contributed by atoms with E-state index >= 15 is 0 Å². The van der Waals surface area contributed by atoms with Gasteiger partial charge in [-0.2, -0.15) is 0 Å². The summed E-state index contributed by atoms with van der Waals surface area (Å²) in [6.07, 6.45) is 4.90. The van der Waals surface area contributed by atoms with Crippen molar-refractivity contribution in [1.82, 2.24) is 24.8 Å². The Balaban J connectivity index is 1.79. The number of hydrogen-bond acceptors (Lipinski definition) is 5. The van der Waals surface area contributed by atoms with Gasteiger partial charge in [0.15, 0.2) is 0 Å². The first-order chi connectivity index (χ1) is 11.0. The SMILES string of the molecule is Cc1cnc(C(=O)N2CCC[C@H](c3cc(=O)[nH]c(C)n3)C2)cn1. The fraction of sp³-hybridized carbons (Fsp3) is 0.438. The molecule has 23 heavy (non-hydrogen) atoms. The molecule has 0 bridgehead atoms. The number of H-pyrrole nitrogens is 1. The lowest BCUT2D eigenvalue weighted by molar-refractivity contribution is 0.0699. The Bertz CT molecular complexity index is 769. The first kappa shape index (κ1) is 15.3. The van der Waals surface area contributed by atoms with Crippen molar-refractivity contribution in [2.24, 2.45) is 0 Å². The second-order valence-electron chi connectivity index (χ2n) is 5.89. The number of carbonyl (C=O) groups excluding carboxylic acids is 1. The van der Waals surface area contributed by atoms with Crippen LogP contribution in [0.5, 0.6) is 0 Å². The number of amides is 1. The molecule has 1 N–H and O–H groups in total. The van der Waals surface area contributed by atoms with Crippen molar-refractivity contribution in [3.8, 4) is 0 Å². The number of nitrogens with one attached hydrogen (secondary N) is 1. The van der Waals surface area contributed by atoms with Gasteiger partial charge in [-0.05, 0) is 26.7 Å². The average Bonchev–Trinajstić information content (AvgIpc) is 2.54. The molecule has 7 nitrogen and oxygen atoms in total. The summed E-state index contributed by atoms with van der Waals surface area (Å²) in [4.78, 5) is 41.3. The molecule has 0 spiro atoms. The molecule has 0 radical (unpaired) electrons. The highest BCUT2D eigenvalue weighted by atomic mass is 16.2. The topological polar surface area (TPSA) is 91.8 Å². The molecule has 1 fully saturated rings. The lowest BCUT2D eigenvalue weighted by Gasteiger charge is -2.32. The summed E-state index contributed by atoms with van der Waals surface area (Å²) in [5, 5.41) is 0. The Morgan fingerprint density at radius 2 is 2.13 bits per heavy atom. The van der Waals surface area contributed by atoms with E-state index in [1.165, 1.54) is 12.3 Å². The van der Waals surface area contributed by atoms with Crippen molar-refractivity contribution in [3.05, 3.63) is 51.7 Å². The predicted octanol–water partition coefficient (Wildman–Crippen LogP) is 1.20.